The molecule has 1 N–H and O–H groups in total. The molecule has 0 saturated heterocycles. The van der Waals surface area contributed by atoms with Crippen LogP contribution in [0.15, 0.2) is 24.5 Å². The van der Waals surface area contributed by atoms with E-state index in [0.29, 0.717) is 6.04 Å². The Morgan fingerprint density at radius 3 is 2.78 bits per heavy atom. The summed E-state index contributed by atoms with van der Waals surface area (Å²) in [4.78, 5) is 4.20. The molecular formula is C15H24N2O. The third kappa shape index (κ3) is 2.90. The number of nitrogens with one attached hydrogen (secondary N) is 1. The molecule has 1 aliphatic rings. The van der Waals surface area contributed by atoms with Crippen molar-refractivity contribution in [1.82, 2.24) is 10.3 Å². The van der Waals surface area contributed by atoms with E-state index >= 15 is 0 Å². The minimum absolute atomic E-state index is 0.0271. The minimum atomic E-state index is 0.0271. The largest absolute Gasteiger partial charge is 0.374 e. The van der Waals surface area contributed by atoms with Gasteiger partial charge in [-0.3, -0.25) is 4.98 Å². The van der Waals surface area contributed by atoms with Crippen molar-refractivity contribution in [1.29, 1.82) is 0 Å². The second kappa shape index (κ2) is 6.30. The lowest BCUT2D eigenvalue weighted by Gasteiger charge is -2.37. The van der Waals surface area contributed by atoms with Crippen LogP contribution in [0.5, 0.6) is 0 Å². The third-order valence-electron chi connectivity index (χ3n) is 4.03. The Morgan fingerprint density at radius 2 is 2.22 bits per heavy atom. The van der Waals surface area contributed by atoms with E-state index in [2.05, 4.69) is 23.3 Å². The Hall–Kier alpha value is -0.930. The summed E-state index contributed by atoms with van der Waals surface area (Å²) >= 11 is 0. The minimum Gasteiger partial charge on any atom is -0.374 e. The number of hydrogen-bond acceptors (Lipinski definition) is 3. The van der Waals surface area contributed by atoms with E-state index < -0.39 is 0 Å². The highest BCUT2D eigenvalue weighted by Crippen LogP contribution is 2.37. The van der Waals surface area contributed by atoms with Gasteiger partial charge in [0, 0.05) is 25.0 Å². The first-order chi connectivity index (χ1) is 8.80. The van der Waals surface area contributed by atoms with Crippen LogP contribution in [0.2, 0.25) is 0 Å². The molecule has 0 aliphatic heterocycles. The fourth-order valence-electron chi connectivity index (χ4n) is 3.16. The molecule has 0 aromatic carbocycles. The predicted octanol–water partition coefficient (Wildman–Crippen LogP) is 2.56. The fraction of sp³-hybridized carbons (Fsp3) is 0.667. The highest BCUT2D eigenvalue weighted by Gasteiger charge is 2.41. The van der Waals surface area contributed by atoms with Gasteiger partial charge in [0.1, 0.15) is 0 Å². The number of pyridine rings is 1. The van der Waals surface area contributed by atoms with Gasteiger partial charge in [0.2, 0.25) is 0 Å². The van der Waals surface area contributed by atoms with Gasteiger partial charge in [0.25, 0.3) is 0 Å². The van der Waals surface area contributed by atoms with Crippen molar-refractivity contribution in [2.24, 2.45) is 0 Å². The first-order valence-electron chi connectivity index (χ1n) is 7.01. The first kappa shape index (κ1) is 13.5. The van der Waals surface area contributed by atoms with Gasteiger partial charge in [-0.25, -0.2) is 0 Å². The van der Waals surface area contributed by atoms with Gasteiger partial charge >= 0.3 is 0 Å². The van der Waals surface area contributed by atoms with E-state index in [1.807, 2.05) is 25.5 Å². The second-order valence-electron chi connectivity index (χ2n) is 5.11. The van der Waals surface area contributed by atoms with Crippen molar-refractivity contribution >= 4 is 0 Å². The number of nitrogens with zero attached hydrogens (tertiary/aromatic N) is 1. The Morgan fingerprint density at radius 1 is 1.44 bits per heavy atom. The van der Waals surface area contributed by atoms with Gasteiger partial charge in [0.05, 0.1) is 5.60 Å². The maximum atomic E-state index is 6.13. The summed E-state index contributed by atoms with van der Waals surface area (Å²) in [5.41, 5.74) is 1.31. The van der Waals surface area contributed by atoms with Gasteiger partial charge in [-0.2, -0.15) is 0 Å². The molecule has 18 heavy (non-hydrogen) atoms. The van der Waals surface area contributed by atoms with Crippen LogP contribution in [0.4, 0.5) is 0 Å². The molecule has 100 valence electrons. The zero-order chi connectivity index (χ0) is 12.8. The number of ether oxygens (including phenoxy) is 1. The fourth-order valence-corrected chi connectivity index (χ4v) is 3.16. The van der Waals surface area contributed by atoms with E-state index in [0.717, 1.165) is 13.0 Å². The van der Waals surface area contributed by atoms with Crippen LogP contribution in [-0.2, 0) is 11.2 Å². The summed E-state index contributed by atoms with van der Waals surface area (Å²) in [7, 11) is 2.04. The van der Waals surface area contributed by atoms with E-state index in [1.165, 1.54) is 31.2 Å². The average molecular weight is 248 g/mol. The van der Waals surface area contributed by atoms with Crippen LogP contribution in [0.25, 0.3) is 0 Å². The normalized spacial score (nSPS) is 19.9. The van der Waals surface area contributed by atoms with Crippen LogP contribution in [0, 0.1) is 0 Å². The highest BCUT2D eigenvalue weighted by atomic mass is 16.5. The van der Waals surface area contributed by atoms with Crippen molar-refractivity contribution in [2.45, 2.75) is 50.7 Å². The summed E-state index contributed by atoms with van der Waals surface area (Å²) in [5, 5.41) is 3.47. The maximum Gasteiger partial charge on any atom is 0.0837 e. The molecule has 3 nitrogen and oxygen atoms in total. The lowest BCUT2D eigenvalue weighted by atomic mass is 9.87. The molecule has 0 amide bonds. The molecule has 1 atom stereocenters. The topological polar surface area (TPSA) is 34.1 Å². The van der Waals surface area contributed by atoms with E-state index in [-0.39, 0.29) is 5.60 Å². The molecule has 1 aromatic rings. The monoisotopic (exact) mass is 248 g/mol. The van der Waals surface area contributed by atoms with Gasteiger partial charge < -0.3 is 10.1 Å². The maximum absolute atomic E-state index is 6.13. The summed E-state index contributed by atoms with van der Waals surface area (Å²) in [5.74, 6) is 0. The standard InChI is InChI=1S/C15H24N2O/c1-3-18-15(8-4-5-9-15)14(16-2)11-13-7-6-10-17-12-13/h6-7,10,12,14,16H,3-5,8-9,11H2,1-2H3. The summed E-state index contributed by atoms with van der Waals surface area (Å²) in [6, 6.07) is 4.53. The number of aromatic nitrogens is 1. The molecule has 1 fully saturated rings. The van der Waals surface area contributed by atoms with E-state index in [9.17, 15) is 0 Å². The van der Waals surface area contributed by atoms with Gasteiger partial charge in [-0.05, 0) is 44.9 Å². The molecule has 1 heterocycles. The van der Waals surface area contributed by atoms with Crippen LogP contribution < -0.4 is 5.32 Å². The zero-order valence-corrected chi connectivity index (χ0v) is 11.5. The van der Waals surface area contributed by atoms with Crippen LogP contribution in [0.1, 0.15) is 38.2 Å². The van der Waals surface area contributed by atoms with Gasteiger partial charge in [-0.15, -0.1) is 0 Å². The molecule has 3 heteroatoms. The lowest BCUT2D eigenvalue weighted by Crippen LogP contribution is -2.51. The summed E-state index contributed by atoms with van der Waals surface area (Å²) in [6.07, 6.45) is 9.69. The molecule has 1 saturated carbocycles. The molecule has 2 rings (SSSR count). The van der Waals surface area contributed by atoms with Crippen LogP contribution in [-0.4, -0.2) is 30.3 Å². The van der Waals surface area contributed by atoms with Crippen molar-refractivity contribution in [3.63, 3.8) is 0 Å². The SMILES string of the molecule is CCOC1(C(Cc2cccnc2)NC)CCCC1. The van der Waals surface area contributed by atoms with Gasteiger partial charge in [-0.1, -0.05) is 18.9 Å². The predicted molar refractivity (Wildman–Crippen MR) is 73.6 cm³/mol. The average Bonchev–Trinajstić information content (AvgIpc) is 2.87. The number of hydrogen-bond donors (Lipinski definition) is 1. The lowest BCUT2D eigenvalue weighted by molar-refractivity contribution is -0.0597. The second-order valence-corrected chi connectivity index (χ2v) is 5.11. The Bertz CT molecular complexity index is 347. The Balaban J connectivity index is 2.11. The quantitative estimate of drug-likeness (QED) is 0.840. The van der Waals surface area contributed by atoms with Crippen LogP contribution >= 0.6 is 0 Å². The van der Waals surface area contributed by atoms with Crippen LogP contribution in [0.3, 0.4) is 0 Å². The highest BCUT2D eigenvalue weighted by molar-refractivity contribution is 5.13. The van der Waals surface area contributed by atoms with E-state index in [4.69, 9.17) is 4.74 Å². The molecule has 0 spiro atoms. The third-order valence-corrected chi connectivity index (χ3v) is 4.03. The smallest absolute Gasteiger partial charge is 0.0837 e. The molecule has 1 aliphatic carbocycles. The molecular weight excluding hydrogens is 224 g/mol. The molecule has 1 aromatic heterocycles. The Kier molecular flexibility index (Phi) is 4.72. The molecule has 1 unspecified atom stereocenters. The summed E-state index contributed by atoms with van der Waals surface area (Å²) < 4.78 is 6.13. The van der Waals surface area contributed by atoms with Crippen molar-refractivity contribution in [3.05, 3.63) is 30.1 Å². The van der Waals surface area contributed by atoms with Crippen molar-refractivity contribution in [2.75, 3.05) is 13.7 Å². The zero-order valence-electron chi connectivity index (χ0n) is 11.5. The molecule has 0 bridgehead atoms. The first-order valence-corrected chi connectivity index (χ1v) is 7.01. The molecule has 0 radical (unpaired) electrons. The number of likely N-dealkylation sites (N-methyl/N-ethyl adjacent to an activating group) is 1. The van der Waals surface area contributed by atoms with Crippen molar-refractivity contribution in [3.8, 4) is 0 Å². The summed E-state index contributed by atoms with van der Waals surface area (Å²) in [6.45, 7) is 2.89. The number of rotatable bonds is 6. The van der Waals surface area contributed by atoms with E-state index in [1.54, 1.807) is 0 Å². The van der Waals surface area contributed by atoms with Crippen molar-refractivity contribution < 1.29 is 4.74 Å². The Labute approximate surface area is 110 Å². The van der Waals surface area contributed by atoms with Gasteiger partial charge in [0.15, 0.2) is 0 Å².